The molecule has 0 radical (unpaired) electrons. The number of halogens is 1. The van der Waals surface area contributed by atoms with Gasteiger partial charge in [0.1, 0.15) is 5.75 Å². The highest BCUT2D eigenvalue weighted by Crippen LogP contribution is 2.38. The second-order valence-electron chi connectivity index (χ2n) is 6.66. The van der Waals surface area contributed by atoms with Gasteiger partial charge in [-0.3, -0.25) is 10.1 Å². The van der Waals surface area contributed by atoms with Crippen LogP contribution < -0.4 is 15.4 Å². The van der Waals surface area contributed by atoms with Gasteiger partial charge in [0.2, 0.25) is 11.9 Å². The van der Waals surface area contributed by atoms with E-state index in [1.165, 1.54) is 6.92 Å². The Morgan fingerprint density at radius 3 is 2.50 bits per heavy atom. The van der Waals surface area contributed by atoms with Crippen LogP contribution in [0.15, 0.2) is 48.5 Å². The maximum atomic E-state index is 11.4. The van der Waals surface area contributed by atoms with E-state index in [1.807, 2.05) is 53.2 Å². The van der Waals surface area contributed by atoms with Crippen molar-refractivity contribution in [3.05, 3.63) is 64.7 Å². The molecular formula is C20H20ClN5O2. The van der Waals surface area contributed by atoms with Crippen molar-refractivity contribution >= 4 is 29.4 Å². The number of benzene rings is 2. The van der Waals surface area contributed by atoms with E-state index in [1.54, 1.807) is 7.11 Å². The first-order valence-corrected chi connectivity index (χ1v) is 9.31. The molecule has 0 unspecified atom stereocenters. The maximum Gasteiger partial charge on any atom is 0.250 e. The Balaban J connectivity index is 1.72. The fourth-order valence-electron chi connectivity index (χ4n) is 3.41. The minimum Gasteiger partial charge on any atom is -0.497 e. The Kier molecular flexibility index (Phi) is 4.92. The van der Waals surface area contributed by atoms with Crippen LogP contribution in [0.25, 0.3) is 0 Å². The van der Waals surface area contributed by atoms with E-state index in [9.17, 15) is 4.79 Å². The minimum absolute atomic E-state index is 0.0356. The number of nitrogens with one attached hydrogen (secondary N) is 2. The maximum absolute atomic E-state index is 11.4. The lowest BCUT2D eigenvalue weighted by atomic mass is 9.93. The number of anilines is 2. The summed E-state index contributed by atoms with van der Waals surface area (Å²) in [6, 6.07) is 15.7. The number of amides is 1. The van der Waals surface area contributed by atoms with Gasteiger partial charge in [0.25, 0.3) is 5.95 Å². The Morgan fingerprint density at radius 1 is 1.18 bits per heavy atom. The smallest absolute Gasteiger partial charge is 0.250 e. The van der Waals surface area contributed by atoms with Crippen LogP contribution in [-0.4, -0.2) is 27.8 Å². The van der Waals surface area contributed by atoms with E-state index in [4.69, 9.17) is 16.3 Å². The number of hydrogen-bond acceptors (Lipinski definition) is 5. The van der Waals surface area contributed by atoms with Crippen LogP contribution >= 0.6 is 11.6 Å². The zero-order valence-corrected chi connectivity index (χ0v) is 16.3. The number of hydrogen-bond donors (Lipinski definition) is 2. The van der Waals surface area contributed by atoms with Gasteiger partial charge in [-0.15, -0.1) is 5.10 Å². The standard InChI is InChI=1S/C20H20ClN5O2/c1-12(27)22-19-24-20-23-17(13-5-9-16(28-2)10-6-13)11-18(26(20)25-19)14-3-7-15(21)8-4-14/h3-10,17-18H,11H2,1-2H3,(H2,22,23,24,25,27)/t17-,18+/m1/s1. The van der Waals surface area contributed by atoms with E-state index in [0.29, 0.717) is 11.0 Å². The van der Waals surface area contributed by atoms with Crippen molar-refractivity contribution in [2.24, 2.45) is 0 Å². The van der Waals surface area contributed by atoms with E-state index in [2.05, 4.69) is 20.7 Å². The van der Waals surface area contributed by atoms with Gasteiger partial charge < -0.3 is 10.1 Å². The highest BCUT2D eigenvalue weighted by Gasteiger charge is 2.31. The van der Waals surface area contributed by atoms with Gasteiger partial charge in [-0.1, -0.05) is 35.9 Å². The van der Waals surface area contributed by atoms with Crippen molar-refractivity contribution < 1.29 is 9.53 Å². The molecule has 0 saturated heterocycles. The van der Waals surface area contributed by atoms with Crippen LogP contribution in [0.2, 0.25) is 5.02 Å². The van der Waals surface area contributed by atoms with Crippen LogP contribution in [0.1, 0.15) is 36.6 Å². The molecule has 2 atom stereocenters. The van der Waals surface area contributed by atoms with Gasteiger partial charge in [-0.2, -0.15) is 4.98 Å². The van der Waals surface area contributed by atoms with E-state index in [-0.39, 0.29) is 23.9 Å². The number of methoxy groups -OCH3 is 1. The number of ether oxygens (including phenoxy) is 1. The Morgan fingerprint density at radius 2 is 1.86 bits per heavy atom. The summed E-state index contributed by atoms with van der Waals surface area (Å²) >= 11 is 6.06. The Hall–Kier alpha value is -3.06. The molecule has 144 valence electrons. The lowest BCUT2D eigenvalue weighted by molar-refractivity contribution is -0.114. The number of fused-ring (bicyclic) bond motifs is 1. The second-order valence-corrected chi connectivity index (χ2v) is 7.09. The summed E-state index contributed by atoms with van der Waals surface area (Å²) in [5.74, 6) is 1.49. The van der Waals surface area contributed by atoms with Crippen LogP contribution in [-0.2, 0) is 4.79 Å². The van der Waals surface area contributed by atoms with Gasteiger partial charge in [0, 0.05) is 11.9 Å². The fraction of sp³-hybridized carbons (Fsp3) is 0.250. The molecule has 4 rings (SSSR count). The van der Waals surface area contributed by atoms with Crippen LogP contribution in [0.5, 0.6) is 5.75 Å². The molecule has 0 aliphatic carbocycles. The topological polar surface area (TPSA) is 81.1 Å². The van der Waals surface area contributed by atoms with Gasteiger partial charge in [0.05, 0.1) is 19.2 Å². The summed E-state index contributed by atoms with van der Waals surface area (Å²) in [6.45, 7) is 1.43. The molecule has 3 aromatic rings. The third-order valence-electron chi connectivity index (χ3n) is 4.75. The number of carbonyl (C=O) groups excluding carboxylic acids is 1. The van der Waals surface area contributed by atoms with Crippen molar-refractivity contribution in [1.29, 1.82) is 0 Å². The lowest BCUT2D eigenvalue weighted by Gasteiger charge is -2.31. The zero-order valence-electron chi connectivity index (χ0n) is 15.5. The van der Waals surface area contributed by atoms with Crippen molar-refractivity contribution in [3.63, 3.8) is 0 Å². The van der Waals surface area contributed by atoms with E-state index < -0.39 is 0 Å². The molecule has 0 saturated carbocycles. The Bertz CT molecular complexity index is 985. The first kappa shape index (κ1) is 18.3. The van der Waals surface area contributed by atoms with Crippen molar-refractivity contribution in [3.8, 4) is 5.75 Å². The average Bonchev–Trinajstić information content (AvgIpc) is 3.09. The highest BCUT2D eigenvalue weighted by molar-refractivity contribution is 6.30. The van der Waals surface area contributed by atoms with Gasteiger partial charge >= 0.3 is 0 Å². The number of rotatable bonds is 4. The van der Waals surface area contributed by atoms with Crippen LogP contribution in [0.3, 0.4) is 0 Å². The number of nitrogens with zero attached hydrogens (tertiary/aromatic N) is 3. The zero-order chi connectivity index (χ0) is 19.7. The molecule has 28 heavy (non-hydrogen) atoms. The van der Waals surface area contributed by atoms with Crippen LogP contribution in [0, 0.1) is 0 Å². The third kappa shape index (κ3) is 3.66. The van der Waals surface area contributed by atoms with Crippen LogP contribution in [0.4, 0.5) is 11.9 Å². The number of carbonyl (C=O) groups is 1. The molecule has 0 bridgehead atoms. The van der Waals surface area contributed by atoms with E-state index in [0.717, 1.165) is 23.3 Å². The van der Waals surface area contributed by atoms with Gasteiger partial charge in [0.15, 0.2) is 0 Å². The van der Waals surface area contributed by atoms with E-state index >= 15 is 0 Å². The summed E-state index contributed by atoms with van der Waals surface area (Å²) in [5, 5.41) is 11.2. The third-order valence-corrected chi connectivity index (χ3v) is 5.00. The molecule has 1 aromatic heterocycles. The molecular weight excluding hydrogens is 378 g/mol. The monoisotopic (exact) mass is 397 g/mol. The molecule has 7 nitrogen and oxygen atoms in total. The molecule has 1 amide bonds. The summed E-state index contributed by atoms with van der Waals surface area (Å²) in [7, 11) is 1.65. The number of aromatic nitrogens is 3. The molecule has 2 aromatic carbocycles. The molecule has 1 aliphatic rings. The normalized spacial score (nSPS) is 18.1. The molecule has 1 aliphatic heterocycles. The summed E-state index contributed by atoms with van der Waals surface area (Å²) in [4.78, 5) is 15.9. The predicted octanol–water partition coefficient (Wildman–Crippen LogP) is 4.04. The predicted molar refractivity (Wildman–Crippen MR) is 108 cm³/mol. The Labute approximate surface area is 167 Å². The SMILES string of the molecule is COc1ccc([C@H]2C[C@@H](c3ccc(Cl)cc3)n3nc(NC(C)=O)nc3N2)cc1. The quantitative estimate of drug-likeness (QED) is 0.694. The lowest BCUT2D eigenvalue weighted by Crippen LogP contribution is -2.28. The minimum atomic E-state index is -0.210. The van der Waals surface area contributed by atoms with Crippen molar-refractivity contribution in [2.75, 3.05) is 17.7 Å². The molecule has 8 heteroatoms. The highest BCUT2D eigenvalue weighted by atomic mass is 35.5. The summed E-state index contributed by atoms with van der Waals surface area (Å²) < 4.78 is 7.07. The van der Waals surface area contributed by atoms with Crippen molar-refractivity contribution in [1.82, 2.24) is 14.8 Å². The fourth-order valence-corrected chi connectivity index (χ4v) is 3.53. The second kappa shape index (κ2) is 7.52. The summed E-state index contributed by atoms with van der Waals surface area (Å²) in [6.07, 6.45) is 0.768. The van der Waals surface area contributed by atoms with Gasteiger partial charge in [-0.25, -0.2) is 4.68 Å². The largest absolute Gasteiger partial charge is 0.497 e. The van der Waals surface area contributed by atoms with Gasteiger partial charge in [-0.05, 0) is 41.8 Å². The first-order valence-electron chi connectivity index (χ1n) is 8.93. The molecule has 2 heterocycles. The average molecular weight is 398 g/mol. The molecule has 0 fully saturated rings. The molecule has 0 spiro atoms. The molecule has 2 N–H and O–H groups in total. The van der Waals surface area contributed by atoms with Crippen molar-refractivity contribution in [2.45, 2.75) is 25.4 Å². The first-order chi connectivity index (χ1) is 13.5. The summed E-state index contributed by atoms with van der Waals surface area (Å²) in [5.41, 5.74) is 2.19.